The zero-order chi connectivity index (χ0) is 13.1. The van der Waals surface area contributed by atoms with Crippen LogP contribution in [0.1, 0.15) is 23.2 Å². The van der Waals surface area contributed by atoms with Gasteiger partial charge in [0.25, 0.3) is 0 Å². The van der Waals surface area contributed by atoms with E-state index in [9.17, 15) is 13.9 Å². The molecule has 0 aliphatic rings. The predicted molar refractivity (Wildman–Crippen MR) is 61.8 cm³/mol. The minimum atomic E-state index is -0.918. The lowest BCUT2D eigenvalue weighted by Crippen LogP contribution is -2.06. The Bertz CT molecular complexity index is 560. The zero-order valence-corrected chi connectivity index (χ0v) is 9.77. The molecule has 0 aliphatic heterocycles. The summed E-state index contributed by atoms with van der Waals surface area (Å²) < 4.78 is 25.8. The highest BCUT2D eigenvalue weighted by atomic mass is 19.2. The highest BCUT2D eigenvalue weighted by Crippen LogP contribution is 2.18. The Morgan fingerprint density at radius 2 is 2.00 bits per heavy atom. The third kappa shape index (κ3) is 2.87. The number of hydrogen-bond acceptors (Lipinski definition) is 3. The second-order valence-electron chi connectivity index (χ2n) is 4.00. The quantitative estimate of drug-likeness (QED) is 0.909. The fraction of sp³-hybridized carbons (Fsp3) is 0.231. The summed E-state index contributed by atoms with van der Waals surface area (Å²) in [6, 6.07) is 5.16. The average Bonchev–Trinajstić information content (AvgIpc) is 2.34. The van der Waals surface area contributed by atoms with E-state index < -0.39 is 17.7 Å². The van der Waals surface area contributed by atoms with E-state index in [1.807, 2.05) is 0 Å². The van der Waals surface area contributed by atoms with Gasteiger partial charge in [0.15, 0.2) is 11.6 Å². The van der Waals surface area contributed by atoms with Gasteiger partial charge in [-0.2, -0.15) is 0 Å². The van der Waals surface area contributed by atoms with E-state index >= 15 is 0 Å². The maximum absolute atomic E-state index is 13.0. The summed E-state index contributed by atoms with van der Waals surface area (Å²) in [5, 5.41) is 9.95. The van der Waals surface area contributed by atoms with Gasteiger partial charge in [-0.1, -0.05) is 6.07 Å². The number of rotatable bonds is 3. The van der Waals surface area contributed by atoms with Crippen LogP contribution in [0.4, 0.5) is 8.78 Å². The van der Waals surface area contributed by atoms with Gasteiger partial charge in [0.2, 0.25) is 0 Å². The van der Waals surface area contributed by atoms with Crippen molar-refractivity contribution in [3.8, 4) is 0 Å². The van der Waals surface area contributed by atoms with E-state index in [4.69, 9.17) is 0 Å². The van der Waals surface area contributed by atoms with Gasteiger partial charge in [-0.3, -0.25) is 0 Å². The Morgan fingerprint density at radius 3 is 2.67 bits per heavy atom. The first-order valence-electron chi connectivity index (χ1n) is 5.48. The largest absolute Gasteiger partial charge is 0.386 e. The van der Waals surface area contributed by atoms with Crippen LogP contribution in [0.2, 0.25) is 0 Å². The van der Waals surface area contributed by atoms with Crippen LogP contribution in [0.5, 0.6) is 0 Å². The highest BCUT2D eigenvalue weighted by Gasteiger charge is 2.12. The number of benzene rings is 1. The van der Waals surface area contributed by atoms with Gasteiger partial charge < -0.3 is 5.11 Å². The molecule has 1 atom stereocenters. The van der Waals surface area contributed by atoms with E-state index in [2.05, 4.69) is 9.97 Å². The summed E-state index contributed by atoms with van der Waals surface area (Å²) in [5.41, 5.74) is 0.977. The molecule has 0 bridgehead atoms. The van der Waals surface area contributed by atoms with Crippen LogP contribution < -0.4 is 0 Å². The van der Waals surface area contributed by atoms with E-state index in [1.54, 1.807) is 19.2 Å². The van der Waals surface area contributed by atoms with Crippen LogP contribution >= 0.6 is 0 Å². The SMILES string of the molecule is Cc1nccc(C(O)Cc2ccc(F)c(F)c2)n1. The van der Waals surface area contributed by atoms with E-state index in [0.29, 0.717) is 17.1 Å². The molecule has 1 aromatic heterocycles. The molecule has 0 fully saturated rings. The Labute approximate surface area is 103 Å². The average molecular weight is 250 g/mol. The Morgan fingerprint density at radius 1 is 1.22 bits per heavy atom. The van der Waals surface area contributed by atoms with Crippen LogP contribution in [0, 0.1) is 18.6 Å². The summed E-state index contributed by atoms with van der Waals surface area (Å²) in [6.07, 6.45) is 0.858. The molecule has 18 heavy (non-hydrogen) atoms. The van der Waals surface area contributed by atoms with Crippen molar-refractivity contribution in [1.82, 2.24) is 9.97 Å². The molecule has 1 N–H and O–H groups in total. The molecule has 5 heteroatoms. The lowest BCUT2D eigenvalue weighted by atomic mass is 10.1. The van der Waals surface area contributed by atoms with Crippen molar-refractivity contribution >= 4 is 0 Å². The fourth-order valence-corrected chi connectivity index (χ4v) is 1.65. The molecular formula is C13H12F2N2O. The van der Waals surface area contributed by atoms with Crippen molar-refractivity contribution < 1.29 is 13.9 Å². The second-order valence-corrected chi connectivity index (χ2v) is 4.00. The van der Waals surface area contributed by atoms with Crippen molar-refractivity contribution in [3.63, 3.8) is 0 Å². The van der Waals surface area contributed by atoms with Gasteiger partial charge in [-0.25, -0.2) is 18.7 Å². The molecule has 0 saturated heterocycles. The molecule has 2 rings (SSSR count). The number of aliphatic hydroxyl groups excluding tert-OH is 1. The van der Waals surface area contributed by atoms with Gasteiger partial charge in [0.1, 0.15) is 11.9 Å². The fourth-order valence-electron chi connectivity index (χ4n) is 1.65. The molecule has 0 spiro atoms. The van der Waals surface area contributed by atoms with Crippen molar-refractivity contribution in [2.75, 3.05) is 0 Å². The molecule has 2 aromatic rings. The number of hydrogen-bond donors (Lipinski definition) is 1. The molecule has 94 valence electrons. The van der Waals surface area contributed by atoms with E-state index in [-0.39, 0.29) is 6.42 Å². The molecule has 0 saturated carbocycles. The smallest absolute Gasteiger partial charge is 0.159 e. The first-order chi connectivity index (χ1) is 8.56. The molecular weight excluding hydrogens is 238 g/mol. The number of aromatic nitrogens is 2. The van der Waals surface area contributed by atoms with Crippen LogP contribution in [0.15, 0.2) is 30.5 Å². The van der Waals surface area contributed by atoms with Crippen LogP contribution in [-0.4, -0.2) is 15.1 Å². The monoisotopic (exact) mass is 250 g/mol. The molecule has 0 amide bonds. The van der Waals surface area contributed by atoms with Crippen LogP contribution in [-0.2, 0) is 6.42 Å². The zero-order valence-electron chi connectivity index (χ0n) is 9.77. The van der Waals surface area contributed by atoms with Crippen molar-refractivity contribution in [2.24, 2.45) is 0 Å². The van der Waals surface area contributed by atoms with E-state index in [1.165, 1.54) is 6.07 Å². The number of aliphatic hydroxyl groups is 1. The summed E-state index contributed by atoms with van der Waals surface area (Å²) in [7, 11) is 0. The minimum Gasteiger partial charge on any atom is -0.386 e. The third-order valence-electron chi connectivity index (χ3n) is 2.55. The number of aryl methyl sites for hydroxylation is 1. The summed E-state index contributed by atoms with van der Waals surface area (Å²) in [6.45, 7) is 1.72. The van der Waals surface area contributed by atoms with Crippen molar-refractivity contribution in [2.45, 2.75) is 19.4 Å². The lowest BCUT2D eigenvalue weighted by molar-refractivity contribution is 0.173. The first-order valence-corrected chi connectivity index (χ1v) is 5.48. The third-order valence-corrected chi connectivity index (χ3v) is 2.55. The maximum atomic E-state index is 13.0. The van der Waals surface area contributed by atoms with Crippen molar-refractivity contribution in [1.29, 1.82) is 0 Å². The predicted octanol–water partition coefficient (Wildman–Crippen LogP) is 2.34. The molecule has 3 nitrogen and oxygen atoms in total. The minimum absolute atomic E-state index is 0.174. The van der Waals surface area contributed by atoms with Gasteiger partial charge >= 0.3 is 0 Å². The Balaban J connectivity index is 2.16. The van der Waals surface area contributed by atoms with Gasteiger partial charge in [-0.05, 0) is 30.7 Å². The normalized spacial score (nSPS) is 12.4. The maximum Gasteiger partial charge on any atom is 0.159 e. The topological polar surface area (TPSA) is 46.0 Å². The van der Waals surface area contributed by atoms with Crippen molar-refractivity contribution in [3.05, 3.63) is 59.2 Å². The van der Waals surface area contributed by atoms with Crippen LogP contribution in [0.3, 0.4) is 0 Å². The lowest BCUT2D eigenvalue weighted by Gasteiger charge is -2.10. The van der Waals surface area contributed by atoms with Crippen LogP contribution in [0.25, 0.3) is 0 Å². The summed E-state index contributed by atoms with van der Waals surface area (Å²) >= 11 is 0. The molecule has 1 unspecified atom stereocenters. The number of nitrogens with zero attached hydrogens (tertiary/aromatic N) is 2. The molecule has 0 radical (unpaired) electrons. The van der Waals surface area contributed by atoms with Gasteiger partial charge in [-0.15, -0.1) is 0 Å². The molecule has 1 aromatic carbocycles. The standard InChI is InChI=1S/C13H12F2N2O/c1-8-16-5-4-12(17-8)13(18)7-9-2-3-10(14)11(15)6-9/h2-6,13,18H,7H2,1H3. The van der Waals surface area contributed by atoms with Gasteiger partial charge in [0, 0.05) is 12.6 Å². The van der Waals surface area contributed by atoms with E-state index in [0.717, 1.165) is 12.1 Å². The first kappa shape index (κ1) is 12.6. The summed E-state index contributed by atoms with van der Waals surface area (Å²) in [5.74, 6) is -1.26. The summed E-state index contributed by atoms with van der Waals surface area (Å²) in [4.78, 5) is 8.00. The Kier molecular flexibility index (Phi) is 3.62. The highest BCUT2D eigenvalue weighted by molar-refractivity contribution is 5.20. The molecule has 1 heterocycles. The second kappa shape index (κ2) is 5.18. The Hall–Kier alpha value is -1.88. The van der Waals surface area contributed by atoms with Gasteiger partial charge in [0.05, 0.1) is 5.69 Å². The molecule has 0 aliphatic carbocycles. The number of halogens is 2.